The van der Waals surface area contributed by atoms with Gasteiger partial charge in [-0.25, -0.2) is 4.68 Å². The number of para-hydroxylation sites is 1. The van der Waals surface area contributed by atoms with Gasteiger partial charge in [0.15, 0.2) is 0 Å². The van der Waals surface area contributed by atoms with Gasteiger partial charge >= 0.3 is 0 Å². The van der Waals surface area contributed by atoms with Gasteiger partial charge in [-0.1, -0.05) is 48.9 Å². The molecular formula is C27H31ClN4O. The summed E-state index contributed by atoms with van der Waals surface area (Å²) in [5, 5.41) is 5.57. The van der Waals surface area contributed by atoms with Crippen LogP contribution >= 0.6 is 11.6 Å². The molecule has 0 radical (unpaired) electrons. The molecule has 5 rings (SSSR count). The van der Waals surface area contributed by atoms with Crippen molar-refractivity contribution in [2.75, 3.05) is 19.6 Å². The fourth-order valence-electron chi connectivity index (χ4n) is 4.93. The monoisotopic (exact) mass is 462 g/mol. The minimum atomic E-state index is 0.232. The van der Waals surface area contributed by atoms with E-state index >= 15 is 0 Å². The summed E-state index contributed by atoms with van der Waals surface area (Å²) in [6.45, 7) is 5.47. The highest BCUT2D eigenvalue weighted by Gasteiger charge is 2.38. The van der Waals surface area contributed by atoms with Crippen LogP contribution in [0.15, 0.2) is 60.8 Å². The van der Waals surface area contributed by atoms with Crippen LogP contribution in [-0.4, -0.2) is 57.2 Å². The van der Waals surface area contributed by atoms with Crippen LogP contribution in [0.5, 0.6) is 0 Å². The molecule has 5 nitrogen and oxygen atoms in total. The summed E-state index contributed by atoms with van der Waals surface area (Å²) in [4.78, 5) is 18.4. The van der Waals surface area contributed by atoms with Crippen molar-refractivity contribution in [1.82, 2.24) is 19.6 Å². The highest BCUT2D eigenvalue weighted by molar-refractivity contribution is 6.30. The van der Waals surface area contributed by atoms with E-state index in [1.165, 1.54) is 0 Å². The molecule has 172 valence electrons. The molecule has 0 N–H and O–H groups in total. The fraction of sp³-hybridized carbons (Fsp3) is 0.407. The molecule has 2 heterocycles. The van der Waals surface area contributed by atoms with E-state index in [0.717, 1.165) is 67.8 Å². The van der Waals surface area contributed by atoms with Gasteiger partial charge < -0.3 is 9.80 Å². The highest BCUT2D eigenvalue weighted by Crippen LogP contribution is 2.33. The van der Waals surface area contributed by atoms with Crippen LogP contribution in [0.1, 0.15) is 38.2 Å². The van der Waals surface area contributed by atoms with Gasteiger partial charge in [-0.05, 0) is 56.5 Å². The maximum Gasteiger partial charge on any atom is 0.227 e. The Balaban J connectivity index is 1.43. The Hall–Kier alpha value is -2.63. The molecule has 1 aliphatic heterocycles. The van der Waals surface area contributed by atoms with Gasteiger partial charge in [-0.15, -0.1) is 0 Å². The molecule has 6 heteroatoms. The van der Waals surface area contributed by atoms with Gasteiger partial charge in [0, 0.05) is 47.5 Å². The minimum absolute atomic E-state index is 0.232. The average molecular weight is 463 g/mol. The van der Waals surface area contributed by atoms with E-state index in [4.69, 9.17) is 16.7 Å². The number of halogens is 1. The van der Waals surface area contributed by atoms with Crippen molar-refractivity contribution >= 4 is 17.5 Å². The van der Waals surface area contributed by atoms with E-state index in [9.17, 15) is 4.79 Å². The van der Waals surface area contributed by atoms with Gasteiger partial charge in [0.1, 0.15) is 0 Å². The number of aromatic nitrogens is 2. The average Bonchev–Trinajstić information content (AvgIpc) is 3.59. The lowest BCUT2D eigenvalue weighted by Crippen LogP contribution is -2.48. The zero-order valence-corrected chi connectivity index (χ0v) is 19.9. The quantitative estimate of drug-likeness (QED) is 0.484. The second kappa shape index (κ2) is 9.70. The van der Waals surface area contributed by atoms with Crippen molar-refractivity contribution in [1.29, 1.82) is 0 Å². The summed E-state index contributed by atoms with van der Waals surface area (Å²) in [6.07, 6.45) is 6.80. The molecule has 0 spiro atoms. The number of piperidine rings is 1. The number of hydrogen-bond acceptors (Lipinski definition) is 3. The summed E-state index contributed by atoms with van der Waals surface area (Å²) in [5.41, 5.74) is 3.77. The summed E-state index contributed by atoms with van der Waals surface area (Å²) < 4.78 is 1.88. The molecule has 1 saturated heterocycles. The van der Waals surface area contributed by atoms with Crippen LogP contribution in [0.2, 0.25) is 5.02 Å². The van der Waals surface area contributed by atoms with Gasteiger partial charge in [0.2, 0.25) is 5.91 Å². The topological polar surface area (TPSA) is 41.4 Å². The standard InChI is InChI=1S/C27H31ClN4O/c1-2-30-16-14-25(15-17-30)32(24-12-13-24)26(33)18-21-19-31(23-6-4-3-5-7-23)29-27(21)20-8-10-22(28)11-9-20/h3-11,19,24-25H,2,12-18H2,1H3. The third-order valence-corrected chi connectivity index (χ3v) is 7.15. The first-order chi connectivity index (χ1) is 16.1. The van der Waals surface area contributed by atoms with Crippen molar-refractivity contribution in [3.05, 3.63) is 71.4 Å². The lowest BCUT2D eigenvalue weighted by molar-refractivity contribution is -0.134. The number of nitrogens with zero attached hydrogens (tertiary/aromatic N) is 4. The first-order valence-corrected chi connectivity index (χ1v) is 12.4. The molecule has 2 fully saturated rings. The van der Waals surface area contributed by atoms with Crippen molar-refractivity contribution in [2.45, 2.75) is 51.1 Å². The largest absolute Gasteiger partial charge is 0.336 e. The Morgan fingerprint density at radius 1 is 1.00 bits per heavy atom. The van der Waals surface area contributed by atoms with Gasteiger partial charge in [-0.2, -0.15) is 5.10 Å². The van der Waals surface area contributed by atoms with Crippen LogP contribution in [0.25, 0.3) is 16.9 Å². The van der Waals surface area contributed by atoms with Gasteiger partial charge in [0.25, 0.3) is 0 Å². The highest BCUT2D eigenvalue weighted by atomic mass is 35.5. The van der Waals surface area contributed by atoms with Crippen LogP contribution in [0, 0.1) is 0 Å². The molecule has 1 saturated carbocycles. The summed E-state index contributed by atoms with van der Waals surface area (Å²) in [6, 6.07) is 18.5. The normalized spacial score (nSPS) is 17.3. The molecule has 0 bridgehead atoms. The second-order valence-corrected chi connectivity index (χ2v) is 9.60. The zero-order valence-electron chi connectivity index (χ0n) is 19.2. The predicted molar refractivity (Wildman–Crippen MR) is 133 cm³/mol. The number of carbonyl (C=O) groups excluding carboxylic acids is 1. The number of benzene rings is 2. The number of carbonyl (C=O) groups is 1. The van der Waals surface area contributed by atoms with Crippen molar-refractivity contribution in [3.8, 4) is 16.9 Å². The Morgan fingerprint density at radius 2 is 1.67 bits per heavy atom. The predicted octanol–water partition coefficient (Wildman–Crippen LogP) is 5.21. The van der Waals surface area contributed by atoms with Gasteiger partial charge in [0.05, 0.1) is 17.8 Å². The van der Waals surface area contributed by atoms with Crippen LogP contribution in [0.3, 0.4) is 0 Å². The van der Waals surface area contributed by atoms with Crippen molar-refractivity contribution in [3.63, 3.8) is 0 Å². The molecule has 2 aliphatic rings. The molecule has 1 aromatic heterocycles. The second-order valence-electron chi connectivity index (χ2n) is 9.16. The third kappa shape index (κ3) is 4.99. The Kier molecular flexibility index (Phi) is 6.52. The molecule has 0 atom stereocenters. The number of rotatable bonds is 7. The van der Waals surface area contributed by atoms with E-state index in [2.05, 4.69) is 16.7 Å². The van der Waals surface area contributed by atoms with Crippen molar-refractivity contribution < 1.29 is 4.79 Å². The lowest BCUT2D eigenvalue weighted by atomic mass is 10.0. The third-order valence-electron chi connectivity index (χ3n) is 6.90. The Morgan fingerprint density at radius 3 is 2.30 bits per heavy atom. The number of amides is 1. The van der Waals surface area contributed by atoms with Crippen LogP contribution < -0.4 is 0 Å². The minimum Gasteiger partial charge on any atom is -0.336 e. The molecule has 1 amide bonds. The van der Waals surface area contributed by atoms with Crippen LogP contribution in [-0.2, 0) is 11.2 Å². The fourth-order valence-corrected chi connectivity index (χ4v) is 5.05. The maximum absolute atomic E-state index is 13.7. The van der Waals surface area contributed by atoms with Crippen LogP contribution in [0.4, 0.5) is 0 Å². The first-order valence-electron chi connectivity index (χ1n) is 12.1. The van der Waals surface area contributed by atoms with E-state index in [0.29, 0.717) is 23.5 Å². The lowest BCUT2D eigenvalue weighted by Gasteiger charge is -2.38. The van der Waals surface area contributed by atoms with E-state index in [1.807, 2.05) is 65.5 Å². The van der Waals surface area contributed by atoms with Gasteiger partial charge in [-0.3, -0.25) is 4.79 Å². The van der Waals surface area contributed by atoms with E-state index in [-0.39, 0.29) is 5.91 Å². The number of hydrogen-bond donors (Lipinski definition) is 0. The Labute approximate surface area is 201 Å². The smallest absolute Gasteiger partial charge is 0.227 e. The van der Waals surface area contributed by atoms with E-state index < -0.39 is 0 Å². The summed E-state index contributed by atoms with van der Waals surface area (Å²) in [7, 11) is 0. The molecule has 0 unspecified atom stereocenters. The van der Waals surface area contributed by atoms with E-state index in [1.54, 1.807) is 0 Å². The maximum atomic E-state index is 13.7. The molecule has 33 heavy (non-hydrogen) atoms. The Bertz CT molecular complexity index is 1080. The molecule has 3 aromatic rings. The SMILES string of the molecule is CCN1CCC(N(C(=O)Cc2cn(-c3ccccc3)nc2-c2ccc(Cl)cc2)C2CC2)CC1. The summed E-state index contributed by atoms with van der Waals surface area (Å²) >= 11 is 6.12. The van der Waals surface area contributed by atoms with Crippen molar-refractivity contribution in [2.24, 2.45) is 0 Å². The summed E-state index contributed by atoms with van der Waals surface area (Å²) in [5.74, 6) is 0.232. The molecule has 2 aromatic carbocycles. The first kappa shape index (κ1) is 22.2. The molecular weight excluding hydrogens is 432 g/mol. The molecule has 1 aliphatic carbocycles. The zero-order chi connectivity index (χ0) is 22.8. The number of likely N-dealkylation sites (tertiary alicyclic amines) is 1.